The number of ether oxygens (including phenoxy) is 2. The van der Waals surface area contributed by atoms with Crippen molar-refractivity contribution in [3.05, 3.63) is 58.6 Å². The van der Waals surface area contributed by atoms with Gasteiger partial charge < -0.3 is 14.9 Å². The molecule has 0 aliphatic carbocycles. The monoisotopic (exact) mass is 385 g/mol. The summed E-state index contributed by atoms with van der Waals surface area (Å²) in [5, 5.41) is 5.16. The third-order valence-electron chi connectivity index (χ3n) is 5.38. The molecule has 0 radical (unpaired) electrons. The van der Waals surface area contributed by atoms with Crippen LogP contribution in [0, 0.1) is 5.92 Å². The predicted molar refractivity (Wildman–Crippen MR) is 108 cm³/mol. The van der Waals surface area contributed by atoms with Crippen molar-refractivity contribution in [1.29, 1.82) is 0 Å². The van der Waals surface area contributed by atoms with Crippen LogP contribution in [0.15, 0.2) is 47.6 Å². The van der Waals surface area contributed by atoms with Crippen LogP contribution in [0.3, 0.4) is 0 Å². The van der Waals surface area contributed by atoms with Crippen LogP contribution >= 0.6 is 11.6 Å². The molecule has 1 saturated heterocycles. The van der Waals surface area contributed by atoms with E-state index in [1.54, 1.807) is 14.2 Å². The van der Waals surface area contributed by atoms with E-state index < -0.39 is 0 Å². The molecular weight excluding hydrogens is 362 g/mol. The maximum absolute atomic E-state index is 6.42. The third-order valence-corrected chi connectivity index (χ3v) is 5.66. The van der Waals surface area contributed by atoms with Crippen molar-refractivity contribution < 1.29 is 9.47 Å². The van der Waals surface area contributed by atoms with Crippen LogP contribution < -0.4 is 14.9 Å². The number of nitrogens with zero attached hydrogens (tertiary/aromatic N) is 2. The molecule has 0 aromatic heterocycles. The highest BCUT2D eigenvalue weighted by atomic mass is 35.5. The van der Waals surface area contributed by atoms with Crippen LogP contribution in [-0.2, 0) is 6.54 Å². The largest absolute Gasteiger partial charge is 0.493 e. The number of rotatable bonds is 5. The molecule has 2 aliphatic rings. The van der Waals surface area contributed by atoms with Crippen molar-refractivity contribution in [2.45, 2.75) is 19.0 Å². The third kappa shape index (κ3) is 3.62. The maximum Gasteiger partial charge on any atom is 0.179 e. The minimum Gasteiger partial charge on any atom is -0.493 e. The Morgan fingerprint density at radius 1 is 1.19 bits per heavy atom. The quantitative estimate of drug-likeness (QED) is 0.848. The fraction of sp³-hybridized carbons (Fsp3) is 0.381. The second kappa shape index (κ2) is 7.79. The summed E-state index contributed by atoms with van der Waals surface area (Å²) in [5.41, 5.74) is 6.98. The number of fused-ring (bicyclic) bond motifs is 1. The molecule has 2 unspecified atom stereocenters. The maximum atomic E-state index is 6.42. The molecule has 27 heavy (non-hydrogen) atoms. The molecule has 4 rings (SSSR count). The molecule has 1 fully saturated rings. The second-order valence-electron chi connectivity index (χ2n) is 7.03. The lowest BCUT2D eigenvalue weighted by Gasteiger charge is -2.33. The molecular formula is C21H24ClN3O2. The van der Waals surface area contributed by atoms with Gasteiger partial charge in [0.2, 0.25) is 0 Å². The Bertz CT molecular complexity index is 841. The lowest BCUT2D eigenvalue weighted by molar-refractivity contribution is 0.220. The molecule has 0 saturated carbocycles. The number of piperidine rings is 1. The topological polar surface area (TPSA) is 46.1 Å². The first kappa shape index (κ1) is 18.1. The first-order valence-electron chi connectivity index (χ1n) is 9.19. The summed E-state index contributed by atoms with van der Waals surface area (Å²) in [5.74, 6) is 1.54. The number of halogens is 1. The van der Waals surface area contributed by atoms with Crippen LogP contribution in [0.4, 0.5) is 0 Å². The van der Waals surface area contributed by atoms with Crippen LogP contribution in [0.5, 0.6) is 11.5 Å². The van der Waals surface area contributed by atoms with Gasteiger partial charge in [0.1, 0.15) is 0 Å². The molecule has 6 heteroatoms. The zero-order chi connectivity index (χ0) is 18.8. The number of likely N-dealkylation sites (tertiary alicyclic amines) is 1. The standard InChI is InChI=1S/C21H24ClN3O2/c1-26-19-11-15(10-17(22)21(19)27-2)20-16-13-25(9-8-18(16)23-24-20)12-14-6-4-3-5-7-14/h3-7,10-11,16,20,24H,8-9,12-13H2,1-2H3. The molecule has 2 atom stereocenters. The van der Waals surface area contributed by atoms with E-state index in [0.29, 0.717) is 22.4 Å². The fourth-order valence-corrected chi connectivity index (χ4v) is 4.32. The van der Waals surface area contributed by atoms with E-state index in [-0.39, 0.29) is 6.04 Å². The summed E-state index contributed by atoms with van der Waals surface area (Å²) in [4.78, 5) is 2.50. The van der Waals surface area contributed by atoms with Crippen molar-refractivity contribution in [2.24, 2.45) is 11.0 Å². The Morgan fingerprint density at radius 2 is 2.00 bits per heavy atom. The Hall–Kier alpha value is -2.24. The lowest BCUT2D eigenvalue weighted by Crippen LogP contribution is -2.41. The van der Waals surface area contributed by atoms with Crippen LogP contribution in [0.1, 0.15) is 23.6 Å². The van der Waals surface area contributed by atoms with Gasteiger partial charge in [0.05, 0.1) is 25.3 Å². The van der Waals surface area contributed by atoms with Gasteiger partial charge in [-0.3, -0.25) is 4.90 Å². The summed E-state index contributed by atoms with van der Waals surface area (Å²) in [6.07, 6.45) is 0.988. The molecule has 142 valence electrons. The van der Waals surface area contributed by atoms with Gasteiger partial charge in [-0.2, -0.15) is 5.10 Å². The Labute approximate surface area is 164 Å². The summed E-state index contributed by atoms with van der Waals surface area (Å²) < 4.78 is 10.8. The summed E-state index contributed by atoms with van der Waals surface area (Å²) in [6.45, 7) is 2.96. The van der Waals surface area contributed by atoms with E-state index in [4.69, 9.17) is 21.1 Å². The molecule has 5 nitrogen and oxygen atoms in total. The van der Waals surface area contributed by atoms with E-state index in [0.717, 1.165) is 31.6 Å². The highest BCUT2D eigenvalue weighted by Crippen LogP contribution is 2.41. The summed E-state index contributed by atoms with van der Waals surface area (Å²) in [6, 6.07) is 14.7. The van der Waals surface area contributed by atoms with E-state index in [1.807, 2.05) is 12.1 Å². The SMILES string of the molecule is COc1cc(C2NN=C3CCN(Cc4ccccc4)CC32)cc(Cl)c1OC. The van der Waals surface area contributed by atoms with Crippen molar-refractivity contribution in [1.82, 2.24) is 10.3 Å². The zero-order valence-electron chi connectivity index (χ0n) is 15.6. The van der Waals surface area contributed by atoms with Gasteiger partial charge in [0.25, 0.3) is 0 Å². The summed E-state index contributed by atoms with van der Waals surface area (Å²) >= 11 is 6.42. The smallest absolute Gasteiger partial charge is 0.179 e. The first-order chi connectivity index (χ1) is 13.2. The lowest BCUT2D eigenvalue weighted by atomic mass is 9.86. The van der Waals surface area contributed by atoms with Gasteiger partial charge in [-0.05, 0) is 23.3 Å². The molecule has 0 bridgehead atoms. The van der Waals surface area contributed by atoms with Crippen molar-refractivity contribution >= 4 is 17.3 Å². The number of methoxy groups -OCH3 is 2. The molecule has 2 heterocycles. The number of benzene rings is 2. The van der Waals surface area contributed by atoms with Crippen LogP contribution in [0.25, 0.3) is 0 Å². The van der Waals surface area contributed by atoms with Crippen LogP contribution in [-0.4, -0.2) is 37.9 Å². The van der Waals surface area contributed by atoms with Gasteiger partial charge in [-0.25, -0.2) is 0 Å². The van der Waals surface area contributed by atoms with E-state index >= 15 is 0 Å². The zero-order valence-corrected chi connectivity index (χ0v) is 16.4. The van der Waals surface area contributed by atoms with Gasteiger partial charge in [0.15, 0.2) is 11.5 Å². The van der Waals surface area contributed by atoms with E-state index in [9.17, 15) is 0 Å². The van der Waals surface area contributed by atoms with Crippen LogP contribution in [0.2, 0.25) is 5.02 Å². The van der Waals surface area contributed by atoms with E-state index in [1.165, 1.54) is 11.3 Å². The number of hydrogen-bond acceptors (Lipinski definition) is 5. The highest BCUT2D eigenvalue weighted by molar-refractivity contribution is 6.32. The van der Waals surface area contributed by atoms with Crippen molar-refractivity contribution in [2.75, 3.05) is 27.3 Å². The average Bonchev–Trinajstić information content (AvgIpc) is 3.11. The Morgan fingerprint density at radius 3 is 2.74 bits per heavy atom. The molecule has 0 spiro atoms. The van der Waals surface area contributed by atoms with Gasteiger partial charge in [0, 0.05) is 37.7 Å². The molecule has 0 amide bonds. The Balaban J connectivity index is 1.54. The van der Waals surface area contributed by atoms with Gasteiger partial charge in [-0.1, -0.05) is 41.9 Å². The van der Waals surface area contributed by atoms with Gasteiger partial charge in [-0.15, -0.1) is 0 Å². The first-order valence-corrected chi connectivity index (χ1v) is 9.57. The average molecular weight is 386 g/mol. The normalized spacial score (nSPS) is 22.0. The molecule has 2 aromatic carbocycles. The number of nitrogens with one attached hydrogen (secondary N) is 1. The minimum absolute atomic E-state index is 0.0934. The summed E-state index contributed by atoms with van der Waals surface area (Å²) in [7, 11) is 3.23. The minimum atomic E-state index is 0.0934. The van der Waals surface area contributed by atoms with Crippen molar-refractivity contribution in [3.63, 3.8) is 0 Å². The highest BCUT2D eigenvalue weighted by Gasteiger charge is 2.37. The fourth-order valence-electron chi connectivity index (χ4n) is 4.02. The number of hydrogen-bond donors (Lipinski definition) is 1. The predicted octanol–water partition coefficient (Wildman–Crippen LogP) is 3.88. The Kier molecular flexibility index (Phi) is 5.23. The second-order valence-corrected chi connectivity index (χ2v) is 7.43. The molecule has 1 N–H and O–H groups in total. The van der Waals surface area contributed by atoms with Gasteiger partial charge >= 0.3 is 0 Å². The van der Waals surface area contributed by atoms with E-state index in [2.05, 4.69) is 45.8 Å². The number of hydrazone groups is 1. The molecule has 2 aliphatic heterocycles. The molecule has 2 aromatic rings. The van der Waals surface area contributed by atoms with Crippen molar-refractivity contribution in [3.8, 4) is 11.5 Å².